The monoisotopic (exact) mass is 345 g/mol. The minimum Gasteiger partial charge on any atom is -0.462 e. The number of nitrogens with zero attached hydrogens (tertiary/aromatic N) is 2. The number of carbonyl (C=O) groups excluding carboxylic acids is 3. The Hall–Kier alpha value is -2.57. The Bertz CT molecular complexity index is 703. The van der Waals surface area contributed by atoms with Gasteiger partial charge in [-0.15, -0.1) is 0 Å². The summed E-state index contributed by atoms with van der Waals surface area (Å²) in [5.74, 6) is -1.52. The van der Waals surface area contributed by atoms with Crippen molar-refractivity contribution >= 4 is 23.5 Å². The molecule has 25 heavy (non-hydrogen) atoms. The fourth-order valence-corrected chi connectivity index (χ4v) is 3.83. The lowest BCUT2D eigenvalue weighted by atomic mass is 9.85. The van der Waals surface area contributed by atoms with Gasteiger partial charge in [0.05, 0.1) is 13.8 Å². The Morgan fingerprint density at radius 2 is 1.72 bits per heavy atom. The number of benzene rings is 1. The van der Waals surface area contributed by atoms with Gasteiger partial charge in [-0.3, -0.25) is 9.59 Å². The highest BCUT2D eigenvalue weighted by atomic mass is 16.5. The number of rotatable bonds is 1. The molecule has 1 aromatic carbocycles. The van der Waals surface area contributed by atoms with E-state index < -0.39 is 17.4 Å². The summed E-state index contributed by atoms with van der Waals surface area (Å²) in [5, 5.41) is 2.94. The molecule has 0 unspecified atom stereocenters. The lowest BCUT2D eigenvalue weighted by molar-refractivity contribution is -0.159. The molecule has 7 nitrogen and oxygen atoms in total. The summed E-state index contributed by atoms with van der Waals surface area (Å²) in [6.45, 7) is 5.22. The maximum atomic E-state index is 12.6. The predicted molar refractivity (Wildman–Crippen MR) is 92.0 cm³/mol. The zero-order valence-corrected chi connectivity index (χ0v) is 14.8. The molecule has 134 valence electrons. The Morgan fingerprint density at radius 1 is 1.12 bits per heavy atom. The third-order valence-electron chi connectivity index (χ3n) is 5.09. The van der Waals surface area contributed by atoms with Gasteiger partial charge in [-0.2, -0.15) is 0 Å². The van der Waals surface area contributed by atoms with Crippen LogP contribution in [0.2, 0.25) is 0 Å². The summed E-state index contributed by atoms with van der Waals surface area (Å²) in [4.78, 5) is 39.6. The van der Waals surface area contributed by atoms with Gasteiger partial charge >= 0.3 is 11.9 Å². The van der Waals surface area contributed by atoms with Gasteiger partial charge in [0, 0.05) is 18.8 Å². The fraction of sp³-hybridized carbons (Fsp3) is 0.500. The molecule has 7 heteroatoms. The smallest absolute Gasteiger partial charge is 0.396 e. The molecular weight excluding hydrogens is 322 g/mol. The van der Waals surface area contributed by atoms with Crippen molar-refractivity contribution in [3.63, 3.8) is 0 Å². The second-order valence-electron chi connectivity index (χ2n) is 6.75. The van der Waals surface area contributed by atoms with Crippen LogP contribution in [-0.2, 0) is 19.1 Å². The molecule has 1 spiro atoms. The van der Waals surface area contributed by atoms with E-state index in [1.807, 2.05) is 13.8 Å². The van der Waals surface area contributed by atoms with Crippen LogP contribution in [0.5, 0.6) is 0 Å². The molecule has 3 rings (SSSR count). The first kappa shape index (κ1) is 17.3. The van der Waals surface area contributed by atoms with Gasteiger partial charge in [0.2, 0.25) is 5.91 Å². The molecular formula is C18H23N3O4. The minimum absolute atomic E-state index is 0.0168. The van der Waals surface area contributed by atoms with Crippen LogP contribution in [0, 0.1) is 13.8 Å². The molecule has 2 fully saturated rings. The molecule has 0 saturated carbocycles. The van der Waals surface area contributed by atoms with E-state index in [0.717, 1.165) is 16.8 Å². The number of hydrogen-bond donors (Lipinski definition) is 1. The van der Waals surface area contributed by atoms with E-state index in [1.165, 1.54) is 12.0 Å². The maximum absolute atomic E-state index is 12.6. The van der Waals surface area contributed by atoms with Gasteiger partial charge in [-0.1, -0.05) is 6.07 Å². The lowest BCUT2D eigenvalue weighted by Gasteiger charge is -2.43. The van der Waals surface area contributed by atoms with Gasteiger partial charge in [0.15, 0.2) is 0 Å². The van der Waals surface area contributed by atoms with Gasteiger partial charge in [-0.25, -0.2) is 4.79 Å². The van der Waals surface area contributed by atoms with E-state index in [4.69, 9.17) is 0 Å². The largest absolute Gasteiger partial charge is 0.462 e. The Labute approximate surface area is 146 Å². The number of anilines is 1. The lowest BCUT2D eigenvalue weighted by Crippen LogP contribution is -2.58. The Balaban J connectivity index is 1.83. The third-order valence-corrected chi connectivity index (χ3v) is 5.09. The topological polar surface area (TPSA) is 79.0 Å². The molecule has 0 atom stereocenters. The number of likely N-dealkylation sites (tertiary alicyclic amines) is 1. The Morgan fingerprint density at radius 3 is 2.28 bits per heavy atom. The standard InChI is InChI=1S/C18H23N3O4/c1-12-8-13(2)10-14(9-12)21-11-19-17(24)18(21)4-6-20(7-5-18)15(22)16(23)25-3/h8-10H,4-7,11H2,1-3H3,(H,19,24). The minimum atomic E-state index is -0.863. The number of methoxy groups -OCH3 is 1. The zero-order chi connectivity index (χ0) is 18.2. The number of amides is 2. The molecule has 0 aromatic heterocycles. The van der Waals surface area contributed by atoms with E-state index in [0.29, 0.717) is 32.6 Å². The molecule has 2 aliphatic heterocycles. The van der Waals surface area contributed by atoms with Gasteiger partial charge < -0.3 is 19.9 Å². The van der Waals surface area contributed by atoms with Crippen LogP contribution in [0.4, 0.5) is 5.69 Å². The van der Waals surface area contributed by atoms with Crippen LogP contribution in [-0.4, -0.2) is 55.1 Å². The number of aryl methyl sites for hydroxylation is 2. The van der Waals surface area contributed by atoms with E-state index in [9.17, 15) is 14.4 Å². The summed E-state index contributed by atoms with van der Waals surface area (Å²) in [5.41, 5.74) is 2.61. The molecule has 2 heterocycles. The number of carbonyl (C=O) groups is 3. The Kier molecular flexibility index (Phi) is 4.41. The van der Waals surface area contributed by atoms with Crippen LogP contribution in [0.3, 0.4) is 0 Å². The van der Waals surface area contributed by atoms with E-state index in [1.54, 1.807) is 0 Å². The summed E-state index contributed by atoms with van der Waals surface area (Å²) in [6.07, 6.45) is 0.961. The highest BCUT2D eigenvalue weighted by Crippen LogP contribution is 2.37. The molecule has 0 aliphatic carbocycles. The van der Waals surface area contributed by atoms with Gasteiger partial charge in [0.1, 0.15) is 5.54 Å². The molecule has 2 amide bonds. The number of ether oxygens (including phenoxy) is 1. The van der Waals surface area contributed by atoms with Crippen LogP contribution >= 0.6 is 0 Å². The van der Waals surface area contributed by atoms with Crippen LogP contribution in [0.15, 0.2) is 18.2 Å². The van der Waals surface area contributed by atoms with Crippen LogP contribution < -0.4 is 10.2 Å². The number of piperidine rings is 1. The number of nitrogens with one attached hydrogen (secondary N) is 1. The second-order valence-corrected chi connectivity index (χ2v) is 6.75. The first-order valence-corrected chi connectivity index (χ1v) is 8.39. The van der Waals surface area contributed by atoms with E-state index in [-0.39, 0.29) is 5.91 Å². The SMILES string of the molecule is COC(=O)C(=O)N1CCC2(CC1)C(=O)NCN2c1cc(C)cc(C)c1. The predicted octanol–water partition coefficient (Wildman–Crippen LogP) is 0.731. The number of esters is 1. The van der Waals surface area contributed by atoms with Crippen LogP contribution in [0.25, 0.3) is 0 Å². The maximum Gasteiger partial charge on any atom is 0.396 e. The van der Waals surface area contributed by atoms with Crippen LogP contribution in [0.1, 0.15) is 24.0 Å². The van der Waals surface area contributed by atoms with Crippen molar-refractivity contribution in [3.05, 3.63) is 29.3 Å². The molecule has 0 radical (unpaired) electrons. The van der Waals surface area contributed by atoms with Crippen molar-refractivity contribution in [2.24, 2.45) is 0 Å². The molecule has 1 N–H and O–H groups in total. The quantitative estimate of drug-likeness (QED) is 0.600. The normalized spacial score (nSPS) is 19.1. The van der Waals surface area contributed by atoms with Crippen molar-refractivity contribution in [1.82, 2.24) is 10.2 Å². The molecule has 1 aromatic rings. The van der Waals surface area contributed by atoms with Crippen molar-refractivity contribution in [2.75, 3.05) is 31.8 Å². The number of hydrogen-bond acceptors (Lipinski definition) is 5. The summed E-state index contributed by atoms with van der Waals surface area (Å²) < 4.78 is 4.50. The summed E-state index contributed by atoms with van der Waals surface area (Å²) in [6, 6.07) is 6.24. The summed E-state index contributed by atoms with van der Waals surface area (Å²) >= 11 is 0. The average Bonchev–Trinajstić information content (AvgIpc) is 2.90. The fourth-order valence-electron chi connectivity index (χ4n) is 3.83. The van der Waals surface area contributed by atoms with Crippen molar-refractivity contribution in [1.29, 1.82) is 0 Å². The first-order chi connectivity index (χ1) is 11.9. The molecule has 2 saturated heterocycles. The van der Waals surface area contributed by atoms with Crippen molar-refractivity contribution in [2.45, 2.75) is 32.2 Å². The first-order valence-electron chi connectivity index (χ1n) is 8.39. The highest BCUT2D eigenvalue weighted by molar-refractivity contribution is 6.32. The highest BCUT2D eigenvalue weighted by Gasteiger charge is 2.51. The average molecular weight is 345 g/mol. The third kappa shape index (κ3) is 2.94. The zero-order valence-electron chi connectivity index (χ0n) is 14.8. The molecule has 2 aliphatic rings. The van der Waals surface area contributed by atoms with Gasteiger partial charge in [-0.05, 0) is 49.9 Å². The summed E-state index contributed by atoms with van der Waals surface area (Å²) in [7, 11) is 1.19. The second kappa shape index (κ2) is 6.38. The van der Waals surface area contributed by atoms with Crippen molar-refractivity contribution in [3.8, 4) is 0 Å². The van der Waals surface area contributed by atoms with E-state index in [2.05, 4.69) is 33.2 Å². The van der Waals surface area contributed by atoms with E-state index >= 15 is 0 Å². The van der Waals surface area contributed by atoms with Gasteiger partial charge in [0.25, 0.3) is 0 Å². The molecule has 0 bridgehead atoms. The van der Waals surface area contributed by atoms with Crippen molar-refractivity contribution < 1.29 is 19.1 Å².